The minimum absolute atomic E-state index is 0.00780. The predicted molar refractivity (Wildman–Crippen MR) is 72.4 cm³/mol. The van der Waals surface area contributed by atoms with E-state index in [9.17, 15) is 5.11 Å². The summed E-state index contributed by atoms with van der Waals surface area (Å²) in [7, 11) is 0. The lowest BCUT2D eigenvalue weighted by atomic mass is 9.79. The number of ether oxygens (including phenoxy) is 1. The number of aliphatic hydroxyl groups is 1. The molecule has 1 saturated heterocycles. The van der Waals surface area contributed by atoms with Crippen LogP contribution in [0.4, 0.5) is 0 Å². The Morgan fingerprint density at radius 3 is 2.85 bits per heavy atom. The molecule has 3 rings (SSSR count). The van der Waals surface area contributed by atoms with Crippen LogP contribution in [-0.4, -0.2) is 44.6 Å². The molecule has 0 saturated carbocycles. The zero-order valence-corrected chi connectivity index (χ0v) is 11.4. The van der Waals surface area contributed by atoms with Crippen molar-refractivity contribution < 1.29 is 9.84 Å². The summed E-state index contributed by atoms with van der Waals surface area (Å²) < 4.78 is 7.34. The molecule has 1 aromatic carbocycles. The van der Waals surface area contributed by atoms with Crippen LogP contribution < -0.4 is 0 Å². The van der Waals surface area contributed by atoms with Crippen molar-refractivity contribution in [2.45, 2.75) is 25.9 Å². The minimum Gasteiger partial charge on any atom is -0.396 e. The van der Waals surface area contributed by atoms with Crippen LogP contribution in [0.5, 0.6) is 0 Å². The molecule has 0 spiro atoms. The average Bonchev–Trinajstić information content (AvgIpc) is 3.08. The predicted octanol–water partition coefficient (Wildman–Crippen LogP) is 0.992. The van der Waals surface area contributed by atoms with Gasteiger partial charge in [-0.1, -0.05) is 18.2 Å². The maximum atomic E-state index is 9.79. The van der Waals surface area contributed by atoms with Gasteiger partial charge in [0.15, 0.2) is 5.82 Å². The third-order valence-corrected chi connectivity index (χ3v) is 4.19. The van der Waals surface area contributed by atoms with Crippen LogP contribution in [-0.2, 0) is 11.2 Å². The molecule has 106 valence electrons. The number of aliphatic hydroxyl groups excluding tert-OH is 1. The monoisotopic (exact) mass is 274 g/mol. The number of benzene rings is 1. The van der Waals surface area contributed by atoms with Crippen LogP contribution in [0.25, 0.3) is 5.69 Å². The Balaban J connectivity index is 1.91. The molecule has 1 aliphatic rings. The molecule has 0 bridgehead atoms. The van der Waals surface area contributed by atoms with E-state index in [2.05, 4.69) is 15.5 Å². The van der Waals surface area contributed by atoms with E-state index in [4.69, 9.17) is 4.74 Å². The first-order chi connectivity index (χ1) is 9.75. The summed E-state index contributed by atoms with van der Waals surface area (Å²) in [5.41, 5.74) is 0.633. The third-order valence-electron chi connectivity index (χ3n) is 4.19. The van der Waals surface area contributed by atoms with E-state index in [0.717, 1.165) is 17.9 Å². The first kappa shape index (κ1) is 13.2. The smallest absolute Gasteiger partial charge is 0.157 e. The van der Waals surface area contributed by atoms with Gasteiger partial charge in [0.1, 0.15) is 0 Å². The fraction of sp³-hybridized carbons (Fsp3) is 0.500. The number of aromatic nitrogens is 4. The quantitative estimate of drug-likeness (QED) is 0.900. The lowest BCUT2D eigenvalue weighted by Crippen LogP contribution is -2.36. The average molecular weight is 274 g/mol. The van der Waals surface area contributed by atoms with Crippen molar-refractivity contribution in [3.8, 4) is 5.69 Å². The van der Waals surface area contributed by atoms with Crippen molar-refractivity contribution in [1.82, 2.24) is 20.2 Å². The molecule has 1 N–H and O–H groups in total. The number of tetrazole rings is 1. The Bertz CT molecular complexity index is 572. The Morgan fingerprint density at radius 1 is 1.40 bits per heavy atom. The van der Waals surface area contributed by atoms with Crippen molar-refractivity contribution in [3.05, 3.63) is 36.2 Å². The van der Waals surface area contributed by atoms with E-state index in [-0.39, 0.29) is 18.1 Å². The summed E-state index contributed by atoms with van der Waals surface area (Å²) in [6.07, 6.45) is 1.44. The number of hydrogen-bond acceptors (Lipinski definition) is 5. The molecule has 6 heteroatoms. The zero-order chi connectivity index (χ0) is 14.0. The molecular formula is C14H18N4O2. The minimum atomic E-state index is -0.290. The highest BCUT2D eigenvalue weighted by Crippen LogP contribution is 2.37. The van der Waals surface area contributed by atoms with Gasteiger partial charge in [-0.15, -0.1) is 5.10 Å². The number of hydrogen-bond donors (Lipinski definition) is 1. The summed E-state index contributed by atoms with van der Waals surface area (Å²) in [4.78, 5) is 0. The SMILES string of the molecule is CC1OCCC1(CO)Cc1nnnn1-c1ccccc1. The van der Waals surface area contributed by atoms with Crippen molar-refractivity contribution in [2.24, 2.45) is 5.41 Å². The summed E-state index contributed by atoms with van der Waals surface area (Å²) >= 11 is 0. The fourth-order valence-corrected chi connectivity index (χ4v) is 2.72. The Kier molecular flexibility index (Phi) is 3.50. The molecule has 0 radical (unpaired) electrons. The van der Waals surface area contributed by atoms with Gasteiger partial charge in [-0.2, -0.15) is 4.68 Å². The highest BCUT2D eigenvalue weighted by molar-refractivity contribution is 5.30. The van der Waals surface area contributed by atoms with Crippen LogP contribution in [0.1, 0.15) is 19.2 Å². The molecule has 2 heterocycles. The van der Waals surface area contributed by atoms with E-state index >= 15 is 0 Å². The van der Waals surface area contributed by atoms with Crippen LogP contribution in [0.15, 0.2) is 30.3 Å². The molecule has 1 fully saturated rings. The van der Waals surface area contributed by atoms with Gasteiger partial charge in [-0.25, -0.2) is 0 Å². The van der Waals surface area contributed by atoms with Gasteiger partial charge in [0, 0.05) is 18.4 Å². The number of para-hydroxylation sites is 1. The molecule has 20 heavy (non-hydrogen) atoms. The van der Waals surface area contributed by atoms with Gasteiger partial charge in [0.05, 0.1) is 18.4 Å². The summed E-state index contributed by atoms with van der Waals surface area (Å²) in [6.45, 7) is 2.75. The summed E-state index contributed by atoms with van der Waals surface area (Å²) in [5, 5.41) is 21.7. The van der Waals surface area contributed by atoms with Crippen LogP contribution in [0.3, 0.4) is 0 Å². The first-order valence-corrected chi connectivity index (χ1v) is 6.80. The molecule has 0 aliphatic carbocycles. The first-order valence-electron chi connectivity index (χ1n) is 6.80. The van der Waals surface area contributed by atoms with Gasteiger partial charge in [0.2, 0.25) is 0 Å². The van der Waals surface area contributed by atoms with Crippen molar-refractivity contribution in [1.29, 1.82) is 0 Å². The van der Waals surface area contributed by atoms with Gasteiger partial charge < -0.3 is 9.84 Å². The van der Waals surface area contributed by atoms with E-state index in [0.29, 0.717) is 13.0 Å². The highest BCUT2D eigenvalue weighted by atomic mass is 16.5. The molecular weight excluding hydrogens is 256 g/mol. The van der Waals surface area contributed by atoms with Gasteiger partial charge in [-0.3, -0.25) is 0 Å². The second kappa shape index (κ2) is 5.30. The van der Waals surface area contributed by atoms with Gasteiger partial charge >= 0.3 is 0 Å². The summed E-state index contributed by atoms with van der Waals surface area (Å²) in [6, 6.07) is 9.77. The van der Waals surface area contributed by atoms with E-state index < -0.39 is 0 Å². The molecule has 2 aromatic rings. The van der Waals surface area contributed by atoms with Crippen LogP contribution in [0.2, 0.25) is 0 Å². The third kappa shape index (κ3) is 2.21. The Hall–Kier alpha value is -1.79. The van der Waals surface area contributed by atoms with Crippen LogP contribution in [0, 0.1) is 5.41 Å². The van der Waals surface area contributed by atoms with Crippen molar-refractivity contribution in [3.63, 3.8) is 0 Å². The normalized spacial score (nSPS) is 26.0. The molecule has 2 atom stereocenters. The number of rotatable bonds is 4. The zero-order valence-electron chi connectivity index (χ0n) is 11.4. The topological polar surface area (TPSA) is 73.1 Å². The van der Waals surface area contributed by atoms with Gasteiger partial charge in [-0.05, 0) is 35.9 Å². The fourth-order valence-electron chi connectivity index (χ4n) is 2.72. The number of nitrogens with zero attached hydrogens (tertiary/aromatic N) is 4. The Labute approximate surface area is 117 Å². The highest BCUT2D eigenvalue weighted by Gasteiger charge is 2.42. The largest absolute Gasteiger partial charge is 0.396 e. The second-order valence-electron chi connectivity index (χ2n) is 5.30. The molecule has 1 aliphatic heterocycles. The lowest BCUT2D eigenvalue weighted by molar-refractivity contribution is 0.0257. The second-order valence-corrected chi connectivity index (χ2v) is 5.30. The Morgan fingerprint density at radius 2 is 2.20 bits per heavy atom. The maximum Gasteiger partial charge on any atom is 0.157 e. The van der Waals surface area contributed by atoms with E-state index in [1.165, 1.54) is 0 Å². The molecule has 1 aromatic heterocycles. The van der Waals surface area contributed by atoms with E-state index in [1.807, 2.05) is 37.3 Å². The molecule has 2 unspecified atom stereocenters. The molecule has 0 amide bonds. The maximum absolute atomic E-state index is 9.79. The van der Waals surface area contributed by atoms with Crippen molar-refractivity contribution in [2.75, 3.05) is 13.2 Å². The van der Waals surface area contributed by atoms with Gasteiger partial charge in [0.25, 0.3) is 0 Å². The van der Waals surface area contributed by atoms with Crippen LogP contribution >= 0.6 is 0 Å². The lowest BCUT2D eigenvalue weighted by Gasteiger charge is -2.29. The summed E-state index contributed by atoms with van der Waals surface area (Å²) in [5.74, 6) is 0.752. The van der Waals surface area contributed by atoms with Crippen molar-refractivity contribution >= 4 is 0 Å². The molecule has 6 nitrogen and oxygen atoms in total. The standard InChI is InChI=1S/C14H18N4O2/c1-11-14(10-19,7-8-20-11)9-13-15-16-17-18(13)12-5-3-2-4-6-12/h2-6,11,19H,7-10H2,1H3. The van der Waals surface area contributed by atoms with E-state index in [1.54, 1.807) is 4.68 Å².